The topological polar surface area (TPSA) is 102 Å². The minimum Gasteiger partial charge on any atom is -0.383 e. The third-order valence-electron chi connectivity index (χ3n) is 2.51. The van der Waals surface area contributed by atoms with Crippen LogP contribution in [0.2, 0.25) is 0 Å². The van der Waals surface area contributed by atoms with Gasteiger partial charge in [-0.1, -0.05) is 13.8 Å². The van der Waals surface area contributed by atoms with Crippen LogP contribution in [0.3, 0.4) is 0 Å². The SMILES string of the molecule is COCC(NC(=O)c1ccc(NN)nn1)C(C)C. The molecule has 1 heterocycles. The summed E-state index contributed by atoms with van der Waals surface area (Å²) < 4.78 is 5.06. The van der Waals surface area contributed by atoms with Gasteiger partial charge in [-0.25, -0.2) is 5.84 Å². The summed E-state index contributed by atoms with van der Waals surface area (Å²) in [4.78, 5) is 11.9. The van der Waals surface area contributed by atoms with Gasteiger partial charge >= 0.3 is 0 Å². The number of nitrogens with zero attached hydrogens (tertiary/aromatic N) is 2. The number of hydrogen-bond acceptors (Lipinski definition) is 6. The van der Waals surface area contributed by atoms with Crippen molar-refractivity contribution >= 4 is 11.7 Å². The van der Waals surface area contributed by atoms with E-state index in [0.29, 0.717) is 12.4 Å². The average molecular weight is 253 g/mol. The first kappa shape index (κ1) is 14.3. The van der Waals surface area contributed by atoms with Gasteiger partial charge in [0.2, 0.25) is 0 Å². The van der Waals surface area contributed by atoms with Gasteiger partial charge in [-0.15, -0.1) is 10.2 Å². The van der Waals surface area contributed by atoms with Crippen molar-refractivity contribution in [1.82, 2.24) is 15.5 Å². The van der Waals surface area contributed by atoms with Crippen molar-refractivity contribution in [3.63, 3.8) is 0 Å². The fourth-order valence-electron chi connectivity index (χ4n) is 1.35. The summed E-state index contributed by atoms with van der Waals surface area (Å²) in [6.45, 7) is 4.48. The summed E-state index contributed by atoms with van der Waals surface area (Å²) in [7, 11) is 1.60. The van der Waals surface area contributed by atoms with E-state index in [1.807, 2.05) is 13.8 Å². The molecule has 1 rings (SSSR count). The molecule has 18 heavy (non-hydrogen) atoms. The summed E-state index contributed by atoms with van der Waals surface area (Å²) in [6.07, 6.45) is 0. The summed E-state index contributed by atoms with van der Waals surface area (Å²) in [6, 6.07) is 3.08. The van der Waals surface area contributed by atoms with Crippen LogP contribution < -0.4 is 16.6 Å². The van der Waals surface area contributed by atoms with Crippen LogP contribution in [0.5, 0.6) is 0 Å². The van der Waals surface area contributed by atoms with Gasteiger partial charge in [0.1, 0.15) is 0 Å². The molecular formula is C11H19N5O2. The molecule has 1 aromatic heterocycles. The zero-order chi connectivity index (χ0) is 13.5. The number of aromatic nitrogens is 2. The monoisotopic (exact) mass is 253 g/mol. The van der Waals surface area contributed by atoms with E-state index in [4.69, 9.17) is 10.6 Å². The number of carbonyl (C=O) groups excluding carboxylic acids is 1. The molecule has 0 saturated carbocycles. The molecule has 0 aromatic carbocycles. The predicted octanol–water partition coefficient (Wildman–Crippen LogP) is 0.163. The van der Waals surface area contributed by atoms with E-state index in [0.717, 1.165) is 0 Å². The van der Waals surface area contributed by atoms with E-state index in [-0.39, 0.29) is 23.6 Å². The molecule has 1 atom stereocenters. The molecule has 4 N–H and O–H groups in total. The quantitative estimate of drug-likeness (QED) is 0.493. The second-order valence-electron chi connectivity index (χ2n) is 4.23. The summed E-state index contributed by atoms with van der Waals surface area (Å²) >= 11 is 0. The van der Waals surface area contributed by atoms with Crippen molar-refractivity contribution in [2.45, 2.75) is 19.9 Å². The Morgan fingerprint density at radius 3 is 2.61 bits per heavy atom. The van der Waals surface area contributed by atoms with E-state index < -0.39 is 0 Å². The molecule has 0 radical (unpaired) electrons. The van der Waals surface area contributed by atoms with Crippen LogP contribution in [-0.2, 0) is 4.74 Å². The molecule has 0 fully saturated rings. The lowest BCUT2D eigenvalue weighted by atomic mass is 10.1. The predicted molar refractivity (Wildman–Crippen MR) is 67.8 cm³/mol. The zero-order valence-electron chi connectivity index (χ0n) is 10.8. The molecule has 0 saturated heterocycles. The number of hydrogen-bond donors (Lipinski definition) is 3. The molecule has 7 heteroatoms. The lowest BCUT2D eigenvalue weighted by Gasteiger charge is -2.21. The van der Waals surface area contributed by atoms with E-state index in [2.05, 4.69) is 20.9 Å². The molecule has 0 aliphatic carbocycles. The second-order valence-corrected chi connectivity index (χ2v) is 4.23. The Morgan fingerprint density at radius 1 is 1.44 bits per heavy atom. The number of ether oxygens (including phenoxy) is 1. The highest BCUT2D eigenvalue weighted by molar-refractivity contribution is 5.92. The van der Waals surface area contributed by atoms with Crippen LogP contribution in [0.15, 0.2) is 12.1 Å². The van der Waals surface area contributed by atoms with Crippen LogP contribution in [0, 0.1) is 5.92 Å². The first-order valence-corrected chi connectivity index (χ1v) is 5.68. The summed E-state index contributed by atoms with van der Waals surface area (Å²) in [5.74, 6) is 5.57. The largest absolute Gasteiger partial charge is 0.383 e. The van der Waals surface area contributed by atoms with Crippen LogP contribution in [0.25, 0.3) is 0 Å². The minimum atomic E-state index is -0.276. The van der Waals surface area contributed by atoms with Crippen molar-refractivity contribution in [1.29, 1.82) is 0 Å². The maximum absolute atomic E-state index is 11.9. The van der Waals surface area contributed by atoms with Gasteiger partial charge in [0.25, 0.3) is 5.91 Å². The van der Waals surface area contributed by atoms with E-state index >= 15 is 0 Å². The Labute approximate surface area is 106 Å². The molecule has 100 valence electrons. The fourth-order valence-corrected chi connectivity index (χ4v) is 1.35. The minimum absolute atomic E-state index is 0.0587. The van der Waals surface area contributed by atoms with Crippen LogP contribution in [0.1, 0.15) is 24.3 Å². The van der Waals surface area contributed by atoms with Crippen molar-refractivity contribution in [3.8, 4) is 0 Å². The Balaban J connectivity index is 2.67. The summed E-state index contributed by atoms with van der Waals surface area (Å²) in [5, 5.41) is 10.4. The van der Waals surface area contributed by atoms with Gasteiger partial charge in [-0.05, 0) is 18.1 Å². The molecule has 1 aromatic rings. The van der Waals surface area contributed by atoms with Crippen molar-refractivity contribution in [2.75, 3.05) is 19.1 Å². The molecule has 1 unspecified atom stereocenters. The second kappa shape index (κ2) is 6.87. The third kappa shape index (κ3) is 3.94. The van der Waals surface area contributed by atoms with Gasteiger partial charge in [-0.3, -0.25) is 4.79 Å². The standard InChI is InChI=1S/C11H19N5O2/c1-7(2)9(6-18-3)13-11(17)8-4-5-10(14-12)16-15-8/h4-5,7,9H,6,12H2,1-3H3,(H,13,17)(H,14,16). The molecule has 1 amide bonds. The Morgan fingerprint density at radius 2 is 2.17 bits per heavy atom. The fraction of sp³-hybridized carbons (Fsp3) is 0.545. The number of anilines is 1. The summed E-state index contributed by atoms with van der Waals surface area (Å²) in [5.41, 5.74) is 2.59. The van der Waals surface area contributed by atoms with Gasteiger partial charge in [-0.2, -0.15) is 0 Å². The normalized spacial score (nSPS) is 12.3. The highest BCUT2D eigenvalue weighted by Gasteiger charge is 2.17. The highest BCUT2D eigenvalue weighted by Crippen LogP contribution is 2.05. The van der Waals surface area contributed by atoms with Crippen molar-refractivity contribution in [3.05, 3.63) is 17.8 Å². The first-order valence-electron chi connectivity index (χ1n) is 5.68. The lowest BCUT2D eigenvalue weighted by Crippen LogP contribution is -2.42. The highest BCUT2D eigenvalue weighted by atomic mass is 16.5. The van der Waals surface area contributed by atoms with Gasteiger partial charge in [0.15, 0.2) is 11.5 Å². The van der Waals surface area contributed by atoms with Crippen LogP contribution in [-0.4, -0.2) is 35.9 Å². The number of rotatable bonds is 6. The zero-order valence-corrected chi connectivity index (χ0v) is 10.8. The van der Waals surface area contributed by atoms with Gasteiger partial charge < -0.3 is 15.5 Å². The number of nitrogens with one attached hydrogen (secondary N) is 2. The molecule has 0 spiro atoms. The van der Waals surface area contributed by atoms with E-state index in [1.165, 1.54) is 0 Å². The maximum atomic E-state index is 11.9. The maximum Gasteiger partial charge on any atom is 0.272 e. The van der Waals surface area contributed by atoms with Crippen LogP contribution >= 0.6 is 0 Å². The van der Waals surface area contributed by atoms with Crippen LogP contribution in [0.4, 0.5) is 5.82 Å². The molecule has 0 aliphatic rings. The molecule has 0 aliphatic heterocycles. The number of nitrogens with two attached hydrogens (primary N) is 1. The first-order chi connectivity index (χ1) is 8.58. The third-order valence-corrected chi connectivity index (χ3v) is 2.51. The smallest absolute Gasteiger partial charge is 0.272 e. The number of carbonyl (C=O) groups is 1. The Hall–Kier alpha value is -1.73. The van der Waals surface area contributed by atoms with E-state index in [1.54, 1.807) is 19.2 Å². The number of nitrogen functional groups attached to an aromatic ring is 1. The molecule has 0 bridgehead atoms. The number of hydrazine groups is 1. The number of amides is 1. The van der Waals surface area contributed by atoms with Crippen molar-refractivity contribution in [2.24, 2.45) is 11.8 Å². The van der Waals surface area contributed by atoms with Crippen molar-refractivity contribution < 1.29 is 9.53 Å². The van der Waals surface area contributed by atoms with Gasteiger partial charge in [0.05, 0.1) is 12.6 Å². The lowest BCUT2D eigenvalue weighted by molar-refractivity contribution is 0.0861. The average Bonchev–Trinajstić information content (AvgIpc) is 2.38. The molecule has 7 nitrogen and oxygen atoms in total. The number of methoxy groups -OCH3 is 1. The molecular weight excluding hydrogens is 234 g/mol. The Bertz CT molecular complexity index is 380. The van der Waals surface area contributed by atoms with E-state index in [9.17, 15) is 4.79 Å². The Kier molecular flexibility index (Phi) is 5.47. The van der Waals surface area contributed by atoms with Gasteiger partial charge in [0, 0.05) is 7.11 Å².